The number of nitro benzene ring substituents is 1. The average Bonchev–Trinajstić information content (AvgIpc) is 3.45. The molecule has 0 aliphatic carbocycles. The first-order valence-electron chi connectivity index (χ1n) is 12.6. The van der Waals surface area contributed by atoms with Crippen molar-refractivity contribution in [3.8, 4) is 5.75 Å². The molecule has 0 saturated heterocycles. The topological polar surface area (TPSA) is 169 Å². The molecule has 5 aromatic rings. The average molecular weight is 730 g/mol. The molecule has 3 aromatic carbocycles. The number of hydrogen-bond donors (Lipinski definition) is 3. The van der Waals surface area contributed by atoms with Gasteiger partial charge in [-0.2, -0.15) is 0 Å². The van der Waals surface area contributed by atoms with Crippen molar-refractivity contribution in [3.63, 3.8) is 0 Å². The van der Waals surface area contributed by atoms with Crippen molar-refractivity contribution in [2.75, 3.05) is 12.4 Å². The second kappa shape index (κ2) is 15.8. The quantitative estimate of drug-likeness (QED) is 0.0546. The number of nitrogens with one attached hydrogen (secondary N) is 2. The highest BCUT2D eigenvalue weighted by atomic mass is 35.5. The molecule has 0 unspecified atom stereocenters. The summed E-state index contributed by atoms with van der Waals surface area (Å²) >= 11 is 27.9. The van der Waals surface area contributed by atoms with Crippen LogP contribution in [0.1, 0.15) is 21.6 Å². The van der Waals surface area contributed by atoms with Crippen LogP contribution in [0.5, 0.6) is 5.75 Å². The number of benzene rings is 3. The van der Waals surface area contributed by atoms with Crippen LogP contribution in [-0.2, 0) is 11.8 Å². The molecule has 17 heteroatoms. The van der Waals surface area contributed by atoms with E-state index in [1.165, 1.54) is 13.2 Å². The fraction of sp³-hybridized carbons (Fsp3) is 0.103. The van der Waals surface area contributed by atoms with E-state index in [1.54, 1.807) is 55.1 Å². The molecule has 5 rings (SSSR count). The number of aromatic hydroxyl groups is 1. The Labute approximate surface area is 285 Å². The predicted molar refractivity (Wildman–Crippen MR) is 178 cm³/mol. The molecule has 3 N–H and O–H groups in total. The molecule has 0 bridgehead atoms. The number of methoxy groups -OCH3 is 1. The van der Waals surface area contributed by atoms with Gasteiger partial charge in [0.05, 0.1) is 43.8 Å². The predicted octanol–water partition coefficient (Wildman–Crippen LogP) is 8.23. The first kappa shape index (κ1) is 36.1. The van der Waals surface area contributed by atoms with Crippen LogP contribution in [0.15, 0.2) is 65.6 Å². The van der Waals surface area contributed by atoms with Crippen LogP contribution in [0.2, 0.25) is 25.1 Å². The summed E-state index contributed by atoms with van der Waals surface area (Å²) in [5, 5.41) is 20.9. The summed E-state index contributed by atoms with van der Waals surface area (Å²) in [5.74, 6) is 0.0377. The number of aromatic nitrogens is 3. The van der Waals surface area contributed by atoms with Crippen molar-refractivity contribution >= 4 is 92.6 Å². The van der Waals surface area contributed by atoms with Gasteiger partial charge in [-0.1, -0.05) is 88.3 Å². The van der Waals surface area contributed by atoms with Gasteiger partial charge in [-0.15, -0.1) is 0 Å². The zero-order valence-electron chi connectivity index (χ0n) is 23.9. The van der Waals surface area contributed by atoms with Crippen molar-refractivity contribution in [3.05, 3.63) is 123 Å². The number of aromatic amines is 1. The maximum Gasteiger partial charge on any atom is 0.413 e. The van der Waals surface area contributed by atoms with E-state index in [1.807, 2.05) is 18.2 Å². The van der Waals surface area contributed by atoms with E-state index in [9.17, 15) is 24.5 Å². The second-order valence-electron chi connectivity index (χ2n) is 9.03. The van der Waals surface area contributed by atoms with Gasteiger partial charge in [0.25, 0.3) is 0 Å². The van der Waals surface area contributed by atoms with Crippen LogP contribution in [0.25, 0.3) is 11.0 Å². The molecule has 0 spiro atoms. The molecular formula is C29H22Cl5N5O7. The molecule has 0 aliphatic rings. The Morgan fingerprint density at radius 3 is 2.09 bits per heavy atom. The molecule has 12 nitrogen and oxygen atoms in total. The Balaban J connectivity index is 0.000000206. The number of pyridine rings is 1. The number of fused-ring (bicyclic) bond motifs is 1. The van der Waals surface area contributed by atoms with Crippen molar-refractivity contribution < 1.29 is 24.4 Å². The van der Waals surface area contributed by atoms with Gasteiger partial charge in [0.2, 0.25) is 11.4 Å². The molecule has 2 aromatic heterocycles. The van der Waals surface area contributed by atoms with Crippen LogP contribution in [0, 0.1) is 17.0 Å². The third kappa shape index (κ3) is 8.47. The van der Waals surface area contributed by atoms with E-state index in [0.717, 1.165) is 0 Å². The van der Waals surface area contributed by atoms with E-state index in [4.69, 9.17) is 63.1 Å². The number of imidazole rings is 1. The number of nitrogens with zero attached hydrogens (tertiary/aromatic N) is 3. The number of aryl methyl sites for hydroxylation is 1. The zero-order chi connectivity index (χ0) is 34.3. The van der Waals surface area contributed by atoms with E-state index in [2.05, 4.69) is 20.0 Å². The number of hydrogen-bond acceptors (Lipinski definition) is 8. The van der Waals surface area contributed by atoms with Crippen LogP contribution in [-0.4, -0.2) is 43.6 Å². The van der Waals surface area contributed by atoms with Gasteiger partial charge in [0.15, 0.2) is 11.5 Å². The van der Waals surface area contributed by atoms with Crippen molar-refractivity contribution in [2.24, 2.45) is 7.05 Å². The normalized spacial score (nSPS) is 10.3. The number of carbonyl (C=O) groups excluding carboxylic acids is 2. The van der Waals surface area contributed by atoms with Crippen molar-refractivity contribution in [1.82, 2.24) is 14.5 Å². The van der Waals surface area contributed by atoms with Crippen LogP contribution >= 0.6 is 58.0 Å². The summed E-state index contributed by atoms with van der Waals surface area (Å²) in [5.41, 5.74) is 2.20. The fourth-order valence-corrected chi connectivity index (χ4v) is 4.85. The molecular weight excluding hydrogens is 708 g/mol. The molecule has 0 fully saturated rings. The van der Waals surface area contributed by atoms with Gasteiger partial charge in [0, 0.05) is 30.4 Å². The minimum Gasteiger partial charge on any atom is -0.503 e. The standard InChI is InChI=1S/C16H13N3O3.C7H9NO2.C6Cl5NO2/c1-22-16(21)19-15-17-12-8-7-11(9-13(12)18-15)14(20)10-5-3-2-4-6-10;1-5-7(10)6(9)3-4-8(5)2;7-1-2(8)4(10)6(12(13)14)5(11)3(1)9/h2-9H,1H3,(H2,17,18,19,21);3-4,10H,1-2H3;. The van der Waals surface area contributed by atoms with E-state index < -0.39 is 16.7 Å². The third-order valence-corrected chi connectivity index (χ3v) is 8.37. The largest absolute Gasteiger partial charge is 0.503 e. The maximum absolute atomic E-state index is 12.4. The Bertz CT molecular complexity index is 1970. The second-order valence-corrected chi connectivity index (χ2v) is 10.9. The number of halogens is 5. The monoisotopic (exact) mass is 727 g/mol. The van der Waals surface area contributed by atoms with E-state index in [0.29, 0.717) is 27.9 Å². The van der Waals surface area contributed by atoms with Crippen molar-refractivity contribution in [1.29, 1.82) is 0 Å². The molecule has 1 amide bonds. The smallest absolute Gasteiger partial charge is 0.413 e. The van der Waals surface area contributed by atoms with Gasteiger partial charge in [0.1, 0.15) is 10.0 Å². The Kier molecular flexibility index (Phi) is 12.4. The minimum absolute atomic E-state index is 0.0698. The summed E-state index contributed by atoms with van der Waals surface area (Å²) in [6.45, 7) is 1.69. The highest BCUT2D eigenvalue weighted by Gasteiger charge is 2.27. The van der Waals surface area contributed by atoms with Crippen LogP contribution in [0.4, 0.5) is 16.4 Å². The molecule has 0 saturated carbocycles. The van der Waals surface area contributed by atoms with Crippen LogP contribution in [0.3, 0.4) is 0 Å². The van der Waals surface area contributed by atoms with Gasteiger partial charge >= 0.3 is 11.8 Å². The Morgan fingerprint density at radius 1 is 0.957 bits per heavy atom. The summed E-state index contributed by atoms with van der Waals surface area (Å²) in [6, 6.07) is 15.5. The number of amides is 1. The lowest BCUT2D eigenvalue weighted by Crippen LogP contribution is -2.11. The van der Waals surface area contributed by atoms with Gasteiger partial charge in [-0.25, -0.2) is 9.78 Å². The SMILES string of the molecule is COC(=O)Nc1nc2ccc(C(=O)c3ccccc3)cc2[nH]1.Cc1c(O)c(=O)ccn1C.O=[N+]([O-])c1c(Cl)c(Cl)c(Cl)c(Cl)c1Cl. The lowest BCUT2D eigenvalue weighted by Gasteiger charge is -2.05. The summed E-state index contributed by atoms with van der Waals surface area (Å²) in [4.78, 5) is 51.2. The Morgan fingerprint density at radius 2 is 1.54 bits per heavy atom. The van der Waals surface area contributed by atoms with Crippen molar-refractivity contribution in [2.45, 2.75) is 6.92 Å². The number of H-pyrrole nitrogens is 1. The maximum atomic E-state index is 12.4. The van der Waals surface area contributed by atoms with Gasteiger partial charge in [-0.3, -0.25) is 25.0 Å². The van der Waals surface area contributed by atoms with Gasteiger partial charge in [-0.05, 0) is 25.1 Å². The zero-order valence-corrected chi connectivity index (χ0v) is 27.7. The first-order chi connectivity index (χ1) is 21.7. The molecule has 0 radical (unpaired) electrons. The molecule has 240 valence electrons. The number of anilines is 1. The highest BCUT2D eigenvalue weighted by molar-refractivity contribution is 6.56. The lowest BCUT2D eigenvalue weighted by atomic mass is 10.0. The molecule has 2 heterocycles. The van der Waals surface area contributed by atoms with E-state index in [-0.39, 0.29) is 48.0 Å². The summed E-state index contributed by atoms with van der Waals surface area (Å²) in [6.07, 6.45) is 1.01. The number of rotatable bonds is 4. The molecule has 0 aliphatic heterocycles. The molecule has 46 heavy (non-hydrogen) atoms. The minimum atomic E-state index is -0.779. The lowest BCUT2D eigenvalue weighted by molar-refractivity contribution is -0.384. The molecule has 0 atom stereocenters. The third-order valence-electron chi connectivity index (χ3n) is 6.11. The number of ether oxygens (including phenoxy) is 1. The van der Waals surface area contributed by atoms with Crippen LogP contribution < -0.4 is 10.7 Å². The number of ketones is 1. The Hall–Kier alpha value is -4.33. The van der Waals surface area contributed by atoms with E-state index >= 15 is 0 Å². The highest BCUT2D eigenvalue weighted by Crippen LogP contribution is 2.47. The summed E-state index contributed by atoms with van der Waals surface area (Å²) in [7, 11) is 3.04. The van der Waals surface area contributed by atoms with Gasteiger partial charge < -0.3 is 19.4 Å². The number of carbonyl (C=O) groups is 2. The first-order valence-corrected chi connectivity index (χ1v) is 14.5. The summed E-state index contributed by atoms with van der Waals surface area (Å²) < 4.78 is 6.20. The fourth-order valence-electron chi connectivity index (χ4n) is 3.58. The number of nitro groups is 1.